The third kappa shape index (κ3) is 2.54. The van der Waals surface area contributed by atoms with Crippen LogP contribution in [0.3, 0.4) is 0 Å². The minimum absolute atomic E-state index is 0.105. The van der Waals surface area contributed by atoms with Crippen LogP contribution in [0.2, 0.25) is 0 Å². The molecule has 2 aliphatic rings. The van der Waals surface area contributed by atoms with Crippen LogP contribution in [0.25, 0.3) is 0 Å². The number of amides is 1. The van der Waals surface area contributed by atoms with Crippen molar-refractivity contribution in [1.82, 2.24) is 9.80 Å². The maximum Gasteiger partial charge on any atom is 0.251 e. The molecule has 0 aliphatic carbocycles. The predicted octanol–water partition coefficient (Wildman–Crippen LogP) is 1.35. The minimum atomic E-state index is -0.289. The first kappa shape index (κ1) is 13.8. The minimum Gasteiger partial charge on any atom is -0.358 e. The number of nitrogens with zero attached hydrogens (tertiary/aromatic N) is 2. The Hall–Kier alpha value is -0.610. The summed E-state index contributed by atoms with van der Waals surface area (Å²) >= 11 is 0. The predicted molar refractivity (Wildman–Crippen MR) is 71.4 cm³/mol. The molecule has 4 nitrogen and oxygen atoms in total. The summed E-state index contributed by atoms with van der Waals surface area (Å²) in [5.41, 5.74) is -0.105. The molecule has 0 unspecified atom stereocenters. The Kier molecular flexibility index (Phi) is 3.70. The SMILES string of the molecule is CC(C)CN1CC2(C1)CN(C(C)C)C(=O)[C@H](C)O2. The average molecular weight is 254 g/mol. The van der Waals surface area contributed by atoms with E-state index in [9.17, 15) is 4.79 Å². The fourth-order valence-corrected chi connectivity index (χ4v) is 3.11. The zero-order valence-electron chi connectivity index (χ0n) is 12.3. The zero-order valence-corrected chi connectivity index (χ0v) is 12.3. The lowest BCUT2D eigenvalue weighted by atomic mass is 9.89. The molecule has 2 saturated heterocycles. The molecule has 2 aliphatic heterocycles. The number of hydrogen-bond acceptors (Lipinski definition) is 3. The van der Waals surface area contributed by atoms with Crippen molar-refractivity contribution in [1.29, 1.82) is 0 Å². The quantitative estimate of drug-likeness (QED) is 0.762. The number of likely N-dealkylation sites (tertiary alicyclic amines) is 1. The van der Waals surface area contributed by atoms with E-state index in [0.29, 0.717) is 5.92 Å². The lowest BCUT2D eigenvalue weighted by Crippen LogP contribution is -2.73. The van der Waals surface area contributed by atoms with E-state index in [0.717, 1.165) is 26.2 Å². The van der Waals surface area contributed by atoms with Crippen molar-refractivity contribution in [3.05, 3.63) is 0 Å². The van der Waals surface area contributed by atoms with Crippen molar-refractivity contribution < 1.29 is 9.53 Å². The number of hydrogen-bond donors (Lipinski definition) is 0. The molecule has 1 amide bonds. The van der Waals surface area contributed by atoms with Crippen LogP contribution in [0.15, 0.2) is 0 Å². The van der Waals surface area contributed by atoms with E-state index in [1.807, 2.05) is 11.8 Å². The smallest absolute Gasteiger partial charge is 0.251 e. The third-order valence-corrected chi connectivity index (χ3v) is 3.79. The summed E-state index contributed by atoms with van der Waals surface area (Å²) in [6.45, 7) is 14.3. The van der Waals surface area contributed by atoms with Crippen LogP contribution < -0.4 is 0 Å². The molecule has 2 fully saturated rings. The van der Waals surface area contributed by atoms with Gasteiger partial charge in [0, 0.05) is 25.7 Å². The highest BCUT2D eigenvalue weighted by Gasteiger charge is 2.51. The number of ether oxygens (including phenoxy) is 1. The van der Waals surface area contributed by atoms with Crippen LogP contribution >= 0.6 is 0 Å². The number of carbonyl (C=O) groups excluding carboxylic acids is 1. The molecule has 0 radical (unpaired) electrons. The van der Waals surface area contributed by atoms with E-state index in [4.69, 9.17) is 4.74 Å². The molecule has 0 aromatic carbocycles. The van der Waals surface area contributed by atoms with Crippen LogP contribution in [0, 0.1) is 5.92 Å². The van der Waals surface area contributed by atoms with Crippen molar-refractivity contribution in [3.63, 3.8) is 0 Å². The molecular weight excluding hydrogens is 228 g/mol. The van der Waals surface area contributed by atoms with Crippen LogP contribution in [-0.2, 0) is 9.53 Å². The fourth-order valence-electron chi connectivity index (χ4n) is 3.11. The Labute approximate surface area is 110 Å². The van der Waals surface area contributed by atoms with Gasteiger partial charge in [-0.15, -0.1) is 0 Å². The van der Waals surface area contributed by atoms with E-state index in [2.05, 4.69) is 32.6 Å². The Morgan fingerprint density at radius 1 is 1.28 bits per heavy atom. The molecule has 18 heavy (non-hydrogen) atoms. The van der Waals surface area contributed by atoms with Gasteiger partial charge in [-0.25, -0.2) is 0 Å². The monoisotopic (exact) mass is 254 g/mol. The van der Waals surface area contributed by atoms with Gasteiger partial charge in [-0.1, -0.05) is 13.8 Å². The first-order valence-electron chi connectivity index (χ1n) is 7.04. The first-order chi connectivity index (χ1) is 8.33. The van der Waals surface area contributed by atoms with Gasteiger partial charge >= 0.3 is 0 Å². The van der Waals surface area contributed by atoms with Gasteiger partial charge in [-0.2, -0.15) is 0 Å². The summed E-state index contributed by atoms with van der Waals surface area (Å²) in [6.07, 6.45) is -0.289. The second kappa shape index (κ2) is 4.82. The van der Waals surface area contributed by atoms with Gasteiger partial charge < -0.3 is 9.64 Å². The Bertz CT molecular complexity index is 322. The van der Waals surface area contributed by atoms with Crippen LogP contribution in [0.4, 0.5) is 0 Å². The third-order valence-electron chi connectivity index (χ3n) is 3.79. The lowest BCUT2D eigenvalue weighted by Gasteiger charge is -2.56. The van der Waals surface area contributed by atoms with E-state index in [-0.39, 0.29) is 23.7 Å². The molecule has 2 rings (SSSR count). The van der Waals surface area contributed by atoms with E-state index in [1.54, 1.807) is 0 Å². The second-order valence-electron chi connectivity index (χ2n) is 6.57. The summed E-state index contributed by atoms with van der Waals surface area (Å²) in [4.78, 5) is 16.4. The normalized spacial score (nSPS) is 28.3. The van der Waals surface area contributed by atoms with Gasteiger partial charge in [0.05, 0.1) is 6.54 Å². The first-order valence-corrected chi connectivity index (χ1v) is 7.04. The summed E-state index contributed by atoms with van der Waals surface area (Å²) < 4.78 is 5.98. The summed E-state index contributed by atoms with van der Waals surface area (Å²) in [5.74, 6) is 0.823. The zero-order chi connectivity index (χ0) is 13.5. The van der Waals surface area contributed by atoms with Crippen molar-refractivity contribution in [2.75, 3.05) is 26.2 Å². The van der Waals surface area contributed by atoms with Gasteiger partial charge in [-0.05, 0) is 26.7 Å². The van der Waals surface area contributed by atoms with Gasteiger partial charge in [0.25, 0.3) is 5.91 Å². The molecule has 0 N–H and O–H groups in total. The largest absolute Gasteiger partial charge is 0.358 e. The Morgan fingerprint density at radius 2 is 1.89 bits per heavy atom. The highest BCUT2D eigenvalue weighted by molar-refractivity contribution is 5.81. The van der Waals surface area contributed by atoms with E-state index < -0.39 is 0 Å². The Morgan fingerprint density at radius 3 is 2.39 bits per heavy atom. The van der Waals surface area contributed by atoms with Gasteiger partial charge in [-0.3, -0.25) is 9.69 Å². The molecule has 1 spiro atoms. The molecule has 2 heterocycles. The summed E-state index contributed by atoms with van der Waals surface area (Å²) in [7, 11) is 0. The fraction of sp³-hybridized carbons (Fsp3) is 0.929. The van der Waals surface area contributed by atoms with Crippen molar-refractivity contribution in [2.45, 2.75) is 52.4 Å². The van der Waals surface area contributed by atoms with Gasteiger partial charge in [0.1, 0.15) is 11.7 Å². The van der Waals surface area contributed by atoms with Crippen LogP contribution in [0.1, 0.15) is 34.6 Å². The molecule has 0 bridgehead atoms. The molecule has 0 aromatic heterocycles. The molecule has 104 valence electrons. The lowest BCUT2D eigenvalue weighted by molar-refractivity contribution is -0.218. The summed E-state index contributed by atoms with van der Waals surface area (Å²) in [5, 5.41) is 0. The van der Waals surface area contributed by atoms with Crippen LogP contribution in [-0.4, -0.2) is 59.6 Å². The van der Waals surface area contributed by atoms with Crippen molar-refractivity contribution in [2.24, 2.45) is 5.92 Å². The maximum atomic E-state index is 12.0. The topological polar surface area (TPSA) is 32.8 Å². The molecular formula is C14H26N2O2. The van der Waals surface area contributed by atoms with E-state index >= 15 is 0 Å². The Balaban J connectivity index is 1.98. The van der Waals surface area contributed by atoms with Gasteiger partial charge in [0.15, 0.2) is 0 Å². The summed E-state index contributed by atoms with van der Waals surface area (Å²) in [6, 6.07) is 0.264. The molecule has 4 heteroatoms. The van der Waals surface area contributed by atoms with Crippen LogP contribution in [0.5, 0.6) is 0 Å². The molecule has 0 aromatic rings. The highest BCUT2D eigenvalue weighted by atomic mass is 16.5. The van der Waals surface area contributed by atoms with E-state index in [1.165, 1.54) is 0 Å². The van der Waals surface area contributed by atoms with Gasteiger partial charge in [0.2, 0.25) is 0 Å². The molecule has 1 atom stereocenters. The second-order valence-corrected chi connectivity index (χ2v) is 6.57. The molecule has 0 saturated carbocycles. The highest BCUT2D eigenvalue weighted by Crippen LogP contribution is 2.33. The average Bonchev–Trinajstić information content (AvgIpc) is 2.19. The van der Waals surface area contributed by atoms with Crippen molar-refractivity contribution >= 4 is 5.91 Å². The maximum absolute atomic E-state index is 12.0. The standard InChI is InChI=1S/C14H26N2O2/c1-10(2)6-15-7-14(8-15)9-16(11(3)4)13(17)12(5)18-14/h10-12H,6-9H2,1-5H3/t12-/m0/s1. The number of morpholine rings is 1. The number of carbonyl (C=O) groups is 1. The number of rotatable bonds is 3. The van der Waals surface area contributed by atoms with Crippen molar-refractivity contribution in [3.8, 4) is 0 Å².